The van der Waals surface area contributed by atoms with E-state index in [4.69, 9.17) is 18.0 Å². The SMILES string of the molecule is CC1CCC(Nc2ccc(F)cc2C(N)=S)C1. The van der Waals surface area contributed by atoms with Crippen LogP contribution in [0.5, 0.6) is 0 Å². The summed E-state index contributed by atoms with van der Waals surface area (Å²) in [6.07, 6.45) is 3.53. The molecule has 0 amide bonds. The fraction of sp³-hybridized carbons (Fsp3) is 0.462. The van der Waals surface area contributed by atoms with Crippen molar-refractivity contribution in [1.82, 2.24) is 0 Å². The van der Waals surface area contributed by atoms with Crippen molar-refractivity contribution in [1.29, 1.82) is 0 Å². The standard InChI is InChI=1S/C13H17FN2S/c1-8-2-4-10(6-8)16-12-5-3-9(14)7-11(12)13(15)17/h3,5,7-8,10,16H,2,4,6H2,1H3,(H2,15,17). The van der Waals surface area contributed by atoms with Gasteiger partial charge in [-0.3, -0.25) is 0 Å². The summed E-state index contributed by atoms with van der Waals surface area (Å²) >= 11 is 4.94. The van der Waals surface area contributed by atoms with Gasteiger partial charge in [-0.25, -0.2) is 4.39 Å². The first-order valence-electron chi connectivity index (χ1n) is 5.92. The van der Waals surface area contributed by atoms with Crippen molar-refractivity contribution in [2.75, 3.05) is 5.32 Å². The van der Waals surface area contributed by atoms with Gasteiger partial charge in [-0.1, -0.05) is 19.1 Å². The van der Waals surface area contributed by atoms with E-state index < -0.39 is 0 Å². The number of thiocarbonyl (C=S) groups is 1. The summed E-state index contributed by atoms with van der Waals surface area (Å²) in [5, 5.41) is 3.41. The molecule has 4 heteroatoms. The first-order chi connectivity index (χ1) is 8.06. The highest BCUT2D eigenvalue weighted by molar-refractivity contribution is 7.80. The fourth-order valence-electron chi connectivity index (χ4n) is 2.40. The minimum absolute atomic E-state index is 0.234. The Labute approximate surface area is 106 Å². The van der Waals surface area contributed by atoms with Gasteiger partial charge < -0.3 is 11.1 Å². The lowest BCUT2D eigenvalue weighted by Crippen LogP contribution is -2.19. The number of hydrogen-bond acceptors (Lipinski definition) is 2. The Morgan fingerprint density at radius 1 is 1.47 bits per heavy atom. The minimum atomic E-state index is -0.307. The van der Waals surface area contributed by atoms with Crippen LogP contribution in [0.25, 0.3) is 0 Å². The second kappa shape index (κ2) is 5.00. The lowest BCUT2D eigenvalue weighted by atomic mass is 10.1. The molecule has 3 N–H and O–H groups in total. The molecule has 0 heterocycles. The van der Waals surface area contributed by atoms with Crippen LogP contribution in [0.2, 0.25) is 0 Å². The number of rotatable bonds is 3. The van der Waals surface area contributed by atoms with E-state index in [1.165, 1.54) is 18.6 Å². The molecule has 2 unspecified atom stereocenters. The molecular formula is C13H17FN2S. The van der Waals surface area contributed by atoms with Gasteiger partial charge in [0.25, 0.3) is 0 Å². The van der Waals surface area contributed by atoms with E-state index in [2.05, 4.69) is 12.2 Å². The van der Waals surface area contributed by atoms with Crippen LogP contribution < -0.4 is 11.1 Å². The molecule has 1 aliphatic rings. The van der Waals surface area contributed by atoms with Gasteiger partial charge in [0.05, 0.1) is 0 Å². The van der Waals surface area contributed by atoms with Gasteiger partial charge in [0.2, 0.25) is 0 Å². The summed E-state index contributed by atoms with van der Waals surface area (Å²) < 4.78 is 13.1. The maximum atomic E-state index is 13.1. The first-order valence-corrected chi connectivity index (χ1v) is 6.33. The van der Waals surface area contributed by atoms with Crippen molar-refractivity contribution >= 4 is 22.9 Å². The zero-order valence-corrected chi connectivity index (χ0v) is 10.7. The highest BCUT2D eigenvalue weighted by Gasteiger charge is 2.22. The third-order valence-electron chi connectivity index (χ3n) is 3.30. The molecule has 2 rings (SSSR count). The molecule has 1 aromatic carbocycles. The van der Waals surface area contributed by atoms with Gasteiger partial charge in [-0.05, 0) is 43.4 Å². The van der Waals surface area contributed by atoms with Crippen molar-refractivity contribution in [3.63, 3.8) is 0 Å². The maximum absolute atomic E-state index is 13.1. The highest BCUT2D eigenvalue weighted by atomic mass is 32.1. The van der Waals surface area contributed by atoms with Crippen molar-refractivity contribution in [2.45, 2.75) is 32.2 Å². The fourth-order valence-corrected chi connectivity index (χ4v) is 2.57. The topological polar surface area (TPSA) is 38.0 Å². The van der Waals surface area contributed by atoms with Crippen LogP contribution in [0.3, 0.4) is 0 Å². The Kier molecular flexibility index (Phi) is 3.62. The zero-order chi connectivity index (χ0) is 12.4. The second-order valence-electron chi connectivity index (χ2n) is 4.81. The van der Waals surface area contributed by atoms with Crippen molar-refractivity contribution in [3.8, 4) is 0 Å². The molecule has 92 valence electrons. The molecule has 0 aliphatic heterocycles. The maximum Gasteiger partial charge on any atom is 0.124 e. The number of nitrogens with two attached hydrogens (primary N) is 1. The summed E-state index contributed by atoms with van der Waals surface area (Å²) in [4.78, 5) is 0.234. The quantitative estimate of drug-likeness (QED) is 0.812. The Balaban J connectivity index is 2.17. The molecule has 2 atom stereocenters. The Bertz CT molecular complexity index is 433. The minimum Gasteiger partial charge on any atom is -0.389 e. The molecule has 1 fully saturated rings. The molecule has 0 spiro atoms. The lowest BCUT2D eigenvalue weighted by Gasteiger charge is -2.17. The number of benzene rings is 1. The van der Waals surface area contributed by atoms with E-state index in [0.717, 1.165) is 24.4 Å². The molecule has 0 aromatic heterocycles. The van der Waals surface area contributed by atoms with Crippen LogP contribution in [0, 0.1) is 11.7 Å². The monoisotopic (exact) mass is 252 g/mol. The third-order valence-corrected chi connectivity index (χ3v) is 3.52. The smallest absolute Gasteiger partial charge is 0.124 e. The van der Waals surface area contributed by atoms with Crippen LogP contribution in [0.1, 0.15) is 31.7 Å². The molecule has 17 heavy (non-hydrogen) atoms. The average Bonchev–Trinajstić information content (AvgIpc) is 2.66. The van der Waals surface area contributed by atoms with E-state index >= 15 is 0 Å². The van der Waals surface area contributed by atoms with E-state index in [1.807, 2.05) is 0 Å². The summed E-state index contributed by atoms with van der Waals surface area (Å²) in [7, 11) is 0. The number of nitrogens with one attached hydrogen (secondary N) is 1. The first kappa shape index (κ1) is 12.3. The normalized spacial score (nSPS) is 23.6. The average molecular weight is 252 g/mol. The predicted molar refractivity (Wildman–Crippen MR) is 72.7 cm³/mol. The Morgan fingerprint density at radius 2 is 2.24 bits per heavy atom. The van der Waals surface area contributed by atoms with Gasteiger partial charge >= 0.3 is 0 Å². The number of hydrogen-bond donors (Lipinski definition) is 2. The molecule has 0 radical (unpaired) electrons. The van der Waals surface area contributed by atoms with Crippen LogP contribution in [-0.2, 0) is 0 Å². The molecule has 0 bridgehead atoms. The van der Waals surface area contributed by atoms with Crippen molar-refractivity contribution in [2.24, 2.45) is 11.7 Å². The van der Waals surface area contributed by atoms with Crippen LogP contribution in [-0.4, -0.2) is 11.0 Å². The van der Waals surface area contributed by atoms with Gasteiger partial charge in [-0.15, -0.1) is 0 Å². The zero-order valence-electron chi connectivity index (χ0n) is 9.87. The largest absolute Gasteiger partial charge is 0.389 e. The van der Waals surface area contributed by atoms with E-state index in [-0.39, 0.29) is 10.8 Å². The van der Waals surface area contributed by atoms with E-state index in [9.17, 15) is 4.39 Å². The van der Waals surface area contributed by atoms with Gasteiger partial charge in [0, 0.05) is 17.3 Å². The van der Waals surface area contributed by atoms with Gasteiger partial charge in [0.15, 0.2) is 0 Å². The summed E-state index contributed by atoms with van der Waals surface area (Å²) in [5.41, 5.74) is 7.05. The summed E-state index contributed by atoms with van der Waals surface area (Å²) in [6, 6.07) is 4.99. The summed E-state index contributed by atoms with van der Waals surface area (Å²) in [6.45, 7) is 2.25. The van der Waals surface area contributed by atoms with Crippen molar-refractivity contribution < 1.29 is 4.39 Å². The molecular weight excluding hydrogens is 235 g/mol. The van der Waals surface area contributed by atoms with Gasteiger partial charge in [0.1, 0.15) is 10.8 Å². The molecule has 0 saturated heterocycles. The van der Waals surface area contributed by atoms with E-state index in [0.29, 0.717) is 11.6 Å². The molecule has 1 aliphatic carbocycles. The Morgan fingerprint density at radius 3 is 2.82 bits per heavy atom. The second-order valence-corrected chi connectivity index (χ2v) is 5.25. The van der Waals surface area contributed by atoms with Gasteiger partial charge in [-0.2, -0.15) is 0 Å². The Hall–Kier alpha value is -1.16. The predicted octanol–water partition coefficient (Wildman–Crippen LogP) is 3.06. The molecule has 1 aromatic rings. The third kappa shape index (κ3) is 2.94. The van der Waals surface area contributed by atoms with Crippen LogP contribution >= 0.6 is 12.2 Å². The number of halogens is 1. The van der Waals surface area contributed by atoms with Crippen molar-refractivity contribution in [3.05, 3.63) is 29.6 Å². The number of anilines is 1. The van der Waals surface area contributed by atoms with E-state index in [1.54, 1.807) is 6.07 Å². The van der Waals surface area contributed by atoms with Crippen LogP contribution in [0.4, 0.5) is 10.1 Å². The lowest BCUT2D eigenvalue weighted by molar-refractivity contribution is 0.602. The molecule has 2 nitrogen and oxygen atoms in total. The summed E-state index contributed by atoms with van der Waals surface area (Å²) in [5.74, 6) is 0.444. The molecule has 1 saturated carbocycles. The highest BCUT2D eigenvalue weighted by Crippen LogP contribution is 2.28. The van der Waals surface area contributed by atoms with Crippen LogP contribution in [0.15, 0.2) is 18.2 Å².